The molecule has 3 aliphatic heterocycles. The van der Waals surface area contributed by atoms with Crippen LogP contribution in [0, 0.1) is 0 Å². The fourth-order valence-electron chi connectivity index (χ4n) is 1.89. The quantitative estimate of drug-likeness (QED) is 0.442. The first kappa shape index (κ1) is 4.66. The maximum absolute atomic E-state index is 5.51. The summed E-state index contributed by atoms with van der Waals surface area (Å²) < 4.78 is 16.3. The van der Waals surface area contributed by atoms with Crippen molar-refractivity contribution < 1.29 is 14.2 Å². The predicted molar refractivity (Wildman–Crippen MR) is 28.1 cm³/mol. The summed E-state index contributed by atoms with van der Waals surface area (Å²) in [4.78, 5) is 0. The summed E-state index contributed by atoms with van der Waals surface area (Å²) in [5, 5.41) is 0. The highest BCUT2D eigenvalue weighted by Gasteiger charge is 2.56. The Balaban J connectivity index is 2.02. The van der Waals surface area contributed by atoms with E-state index in [1.807, 2.05) is 0 Å². The lowest BCUT2D eigenvalue weighted by Gasteiger charge is -2.21. The van der Waals surface area contributed by atoms with Gasteiger partial charge in [-0.05, 0) is 0 Å². The van der Waals surface area contributed by atoms with E-state index in [0.717, 1.165) is 13.2 Å². The molecule has 0 aromatic carbocycles. The molecule has 0 radical (unpaired) electrons. The number of rotatable bonds is 0. The van der Waals surface area contributed by atoms with Gasteiger partial charge >= 0.3 is 0 Å². The highest BCUT2D eigenvalue weighted by molar-refractivity contribution is 5.02. The van der Waals surface area contributed by atoms with Gasteiger partial charge in [-0.2, -0.15) is 0 Å². The Morgan fingerprint density at radius 2 is 1.44 bits per heavy atom. The van der Waals surface area contributed by atoms with Crippen molar-refractivity contribution in [1.82, 2.24) is 0 Å². The molecule has 4 bridgehead atoms. The van der Waals surface area contributed by atoms with Gasteiger partial charge in [-0.15, -0.1) is 0 Å². The van der Waals surface area contributed by atoms with E-state index in [0.29, 0.717) is 0 Å². The van der Waals surface area contributed by atoms with Crippen molar-refractivity contribution in [2.24, 2.45) is 0 Å². The lowest BCUT2D eigenvalue weighted by molar-refractivity contribution is -0.128. The molecule has 0 amide bonds. The molecule has 50 valence electrons. The number of hydrogen-bond donors (Lipinski definition) is 0. The maximum Gasteiger partial charge on any atom is 0.115 e. The van der Waals surface area contributed by atoms with E-state index in [-0.39, 0.29) is 24.4 Å². The second-order valence-electron chi connectivity index (χ2n) is 2.81. The van der Waals surface area contributed by atoms with Crippen LogP contribution in [0.25, 0.3) is 0 Å². The summed E-state index contributed by atoms with van der Waals surface area (Å²) in [5.41, 5.74) is 0. The van der Waals surface area contributed by atoms with Gasteiger partial charge in [0.2, 0.25) is 0 Å². The summed E-state index contributed by atoms with van der Waals surface area (Å²) in [5.74, 6) is 0. The van der Waals surface area contributed by atoms with Gasteiger partial charge in [0.05, 0.1) is 13.2 Å². The zero-order valence-electron chi connectivity index (χ0n) is 4.95. The Bertz CT molecular complexity index is 131. The first-order valence-corrected chi connectivity index (χ1v) is 3.34. The normalized spacial score (nSPS) is 61.3. The van der Waals surface area contributed by atoms with E-state index >= 15 is 0 Å². The first-order chi connectivity index (χ1) is 4.45. The van der Waals surface area contributed by atoms with Crippen LogP contribution in [0.1, 0.15) is 0 Å². The zero-order chi connectivity index (χ0) is 5.84. The van der Waals surface area contributed by atoms with E-state index in [2.05, 4.69) is 0 Å². The minimum Gasteiger partial charge on any atom is -0.370 e. The van der Waals surface area contributed by atoms with Crippen molar-refractivity contribution in [3.63, 3.8) is 0 Å². The molecule has 0 unspecified atom stereocenters. The molecule has 3 heterocycles. The van der Waals surface area contributed by atoms with Crippen molar-refractivity contribution in [1.29, 1.82) is 0 Å². The van der Waals surface area contributed by atoms with Gasteiger partial charge in [0.25, 0.3) is 0 Å². The van der Waals surface area contributed by atoms with Gasteiger partial charge in [0.15, 0.2) is 0 Å². The Morgan fingerprint density at radius 3 is 1.78 bits per heavy atom. The smallest absolute Gasteiger partial charge is 0.115 e. The molecule has 0 aromatic heterocycles. The van der Waals surface area contributed by atoms with E-state index in [9.17, 15) is 0 Å². The van der Waals surface area contributed by atoms with Crippen molar-refractivity contribution in [2.45, 2.75) is 24.4 Å². The van der Waals surface area contributed by atoms with Crippen LogP contribution >= 0.6 is 0 Å². The molecule has 3 heteroatoms. The van der Waals surface area contributed by atoms with Gasteiger partial charge in [-0.3, -0.25) is 0 Å². The van der Waals surface area contributed by atoms with Crippen LogP contribution in [0.15, 0.2) is 0 Å². The van der Waals surface area contributed by atoms with E-state index in [1.165, 1.54) is 0 Å². The molecule has 3 nitrogen and oxygen atoms in total. The highest BCUT2D eigenvalue weighted by Crippen LogP contribution is 2.38. The van der Waals surface area contributed by atoms with E-state index in [4.69, 9.17) is 14.2 Å². The topological polar surface area (TPSA) is 27.7 Å². The molecule has 4 atom stereocenters. The molecule has 0 spiro atoms. The number of ether oxygens (including phenoxy) is 3. The van der Waals surface area contributed by atoms with Crippen molar-refractivity contribution in [2.75, 3.05) is 13.2 Å². The van der Waals surface area contributed by atoms with Crippen LogP contribution in [0.5, 0.6) is 0 Å². The lowest BCUT2D eigenvalue weighted by atomic mass is 10.2. The van der Waals surface area contributed by atoms with Crippen LogP contribution in [0.2, 0.25) is 0 Å². The summed E-state index contributed by atoms with van der Waals surface area (Å²) >= 11 is 0. The van der Waals surface area contributed by atoms with Crippen molar-refractivity contribution in [3.8, 4) is 0 Å². The Hall–Kier alpha value is -0.120. The van der Waals surface area contributed by atoms with E-state index in [1.54, 1.807) is 0 Å². The van der Waals surface area contributed by atoms with Crippen molar-refractivity contribution >= 4 is 0 Å². The van der Waals surface area contributed by atoms with Gasteiger partial charge in [0.1, 0.15) is 24.4 Å². The first-order valence-electron chi connectivity index (χ1n) is 3.34. The molecule has 0 N–H and O–H groups in total. The molecule has 3 aliphatic rings. The summed E-state index contributed by atoms with van der Waals surface area (Å²) in [7, 11) is 0. The average Bonchev–Trinajstić information content (AvgIpc) is 2.50. The van der Waals surface area contributed by atoms with Crippen LogP contribution < -0.4 is 0 Å². The second kappa shape index (κ2) is 1.31. The highest BCUT2D eigenvalue weighted by atomic mass is 16.7. The lowest BCUT2D eigenvalue weighted by Crippen LogP contribution is -2.32. The minimum atomic E-state index is 0.258. The molecular weight excluding hydrogens is 120 g/mol. The fourth-order valence-corrected chi connectivity index (χ4v) is 1.89. The van der Waals surface area contributed by atoms with Gasteiger partial charge in [-0.25, -0.2) is 0 Å². The van der Waals surface area contributed by atoms with Crippen LogP contribution in [0.3, 0.4) is 0 Å². The molecule has 0 saturated carbocycles. The van der Waals surface area contributed by atoms with Crippen LogP contribution in [-0.4, -0.2) is 37.6 Å². The van der Waals surface area contributed by atoms with Gasteiger partial charge in [0, 0.05) is 0 Å². The molecule has 3 fully saturated rings. The molecule has 0 aliphatic carbocycles. The Labute approximate surface area is 52.9 Å². The molecule has 3 saturated heterocycles. The Kier molecular flexibility index (Phi) is 0.678. The fraction of sp³-hybridized carbons (Fsp3) is 1.00. The largest absolute Gasteiger partial charge is 0.370 e. The standard InChI is InChI=1S/C6H8O3/c1-3-5-6(7-1)4(9-3)2-8-5/h3-6H,1-2H2/t3-,4-,5-,6-/m1/s1. The van der Waals surface area contributed by atoms with Crippen LogP contribution in [0.4, 0.5) is 0 Å². The third-order valence-corrected chi connectivity index (χ3v) is 2.31. The van der Waals surface area contributed by atoms with Crippen LogP contribution in [-0.2, 0) is 14.2 Å². The maximum atomic E-state index is 5.51. The van der Waals surface area contributed by atoms with Gasteiger partial charge in [-0.1, -0.05) is 0 Å². The minimum absolute atomic E-state index is 0.258. The Morgan fingerprint density at radius 1 is 0.889 bits per heavy atom. The average molecular weight is 128 g/mol. The van der Waals surface area contributed by atoms with Crippen molar-refractivity contribution in [3.05, 3.63) is 0 Å². The number of hydrogen-bond acceptors (Lipinski definition) is 3. The zero-order valence-corrected chi connectivity index (χ0v) is 4.95. The summed E-state index contributed by atoms with van der Waals surface area (Å²) in [6.07, 6.45) is 1.06. The monoisotopic (exact) mass is 128 g/mol. The molecule has 3 rings (SSSR count). The third-order valence-electron chi connectivity index (χ3n) is 2.31. The third kappa shape index (κ3) is 0.407. The summed E-state index contributed by atoms with van der Waals surface area (Å²) in [6.45, 7) is 1.48. The van der Waals surface area contributed by atoms with Gasteiger partial charge < -0.3 is 14.2 Å². The predicted octanol–water partition coefficient (Wildman–Crippen LogP) is -0.449. The summed E-state index contributed by atoms with van der Waals surface area (Å²) in [6, 6.07) is 0. The van der Waals surface area contributed by atoms with E-state index < -0.39 is 0 Å². The second-order valence-corrected chi connectivity index (χ2v) is 2.81. The SMILES string of the molecule is C1O[C@H]2[C@@H]3OC[C@H]2O[C@H]13. The molecular formula is C6H8O3. The molecule has 9 heavy (non-hydrogen) atoms. The molecule has 0 aromatic rings.